The third-order valence-corrected chi connectivity index (χ3v) is 7.46. The summed E-state index contributed by atoms with van der Waals surface area (Å²) >= 11 is 0. The molecule has 0 amide bonds. The Balaban J connectivity index is 1.55. The number of aromatic nitrogens is 4. The second-order valence-corrected chi connectivity index (χ2v) is 10.6. The van der Waals surface area contributed by atoms with Crippen LogP contribution in [0.2, 0.25) is 0 Å². The van der Waals surface area contributed by atoms with E-state index in [1.165, 1.54) is 41.3 Å². The summed E-state index contributed by atoms with van der Waals surface area (Å²) in [6.07, 6.45) is 7.33. The Morgan fingerprint density at radius 1 is 1.15 bits per heavy atom. The lowest BCUT2D eigenvalue weighted by Crippen LogP contribution is -2.39. The summed E-state index contributed by atoms with van der Waals surface area (Å²) in [5.41, 5.74) is 6.93. The number of nitrogens with zero attached hydrogens (tertiary/aromatic N) is 3. The quantitative estimate of drug-likeness (QED) is 0.356. The fourth-order valence-corrected chi connectivity index (χ4v) is 5.99. The minimum Gasteiger partial charge on any atom is -0.493 e. The minimum atomic E-state index is 0.375. The largest absolute Gasteiger partial charge is 0.493 e. The maximum Gasteiger partial charge on any atom is 0.197 e. The van der Waals surface area contributed by atoms with Crippen molar-refractivity contribution in [1.82, 2.24) is 24.9 Å². The third-order valence-electron chi connectivity index (χ3n) is 7.46. The van der Waals surface area contributed by atoms with E-state index in [0.717, 1.165) is 22.7 Å². The van der Waals surface area contributed by atoms with E-state index in [2.05, 4.69) is 79.3 Å². The lowest BCUT2D eigenvalue weighted by Gasteiger charge is -2.36. The highest BCUT2D eigenvalue weighted by molar-refractivity contribution is 5.92. The number of methoxy groups -OCH3 is 1. The molecule has 0 radical (unpaired) electrons. The maximum absolute atomic E-state index is 5.62. The Labute approximate surface area is 202 Å². The Hall–Kier alpha value is -2.86. The number of nitrogens with one attached hydrogen (secondary N) is 2. The van der Waals surface area contributed by atoms with Gasteiger partial charge in [-0.3, -0.25) is 0 Å². The molecule has 3 atom stereocenters. The van der Waals surface area contributed by atoms with Crippen LogP contribution in [0.25, 0.3) is 27.8 Å². The molecule has 1 saturated carbocycles. The summed E-state index contributed by atoms with van der Waals surface area (Å²) in [7, 11) is 1.68. The summed E-state index contributed by atoms with van der Waals surface area (Å²) in [6, 6.07) is 10.3. The van der Waals surface area contributed by atoms with E-state index in [4.69, 9.17) is 4.74 Å². The van der Waals surface area contributed by atoms with Gasteiger partial charge in [0.15, 0.2) is 11.4 Å². The molecule has 3 heterocycles. The van der Waals surface area contributed by atoms with E-state index in [-0.39, 0.29) is 0 Å². The van der Waals surface area contributed by atoms with E-state index in [0.29, 0.717) is 29.8 Å². The topological polar surface area (TPSA) is 67.2 Å². The van der Waals surface area contributed by atoms with Crippen molar-refractivity contribution in [3.8, 4) is 17.0 Å². The van der Waals surface area contributed by atoms with Crippen LogP contribution in [0.1, 0.15) is 76.8 Å². The molecule has 6 heteroatoms. The molecule has 0 spiro atoms. The lowest BCUT2D eigenvalue weighted by atomic mass is 9.74. The van der Waals surface area contributed by atoms with Crippen molar-refractivity contribution in [2.24, 2.45) is 5.92 Å². The number of benzene rings is 1. The Kier molecular flexibility index (Phi) is 6.11. The van der Waals surface area contributed by atoms with Crippen molar-refractivity contribution in [1.29, 1.82) is 0 Å². The number of aromatic amines is 1. The monoisotopic (exact) mass is 459 g/mol. The van der Waals surface area contributed by atoms with Gasteiger partial charge in [-0.25, -0.2) is 9.50 Å². The van der Waals surface area contributed by atoms with Crippen molar-refractivity contribution in [2.45, 2.75) is 77.8 Å². The Bertz CT molecular complexity index is 1300. The molecule has 3 unspecified atom stereocenters. The highest BCUT2D eigenvalue weighted by atomic mass is 16.5. The van der Waals surface area contributed by atoms with Crippen LogP contribution in [-0.2, 0) is 0 Å². The molecule has 1 aromatic carbocycles. The maximum atomic E-state index is 5.62. The van der Waals surface area contributed by atoms with Crippen molar-refractivity contribution in [3.05, 3.63) is 47.9 Å². The zero-order valence-electron chi connectivity index (χ0n) is 21.2. The van der Waals surface area contributed by atoms with E-state index in [1.54, 1.807) is 18.0 Å². The van der Waals surface area contributed by atoms with Gasteiger partial charge >= 0.3 is 0 Å². The summed E-state index contributed by atoms with van der Waals surface area (Å²) in [5.74, 6) is 2.38. The van der Waals surface area contributed by atoms with Crippen LogP contribution < -0.4 is 10.1 Å². The van der Waals surface area contributed by atoms with Gasteiger partial charge in [-0.05, 0) is 66.3 Å². The number of hydrogen-bond donors (Lipinski definition) is 2. The molecule has 2 N–H and O–H groups in total. The summed E-state index contributed by atoms with van der Waals surface area (Å²) in [4.78, 5) is 8.04. The van der Waals surface area contributed by atoms with Crippen molar-refractivity contribution in [2.75, 3.05) is 7.11 Å². The molecule has 34 heavy (non-hydrogen) atoms. The van der Waals surface area contributed by atoms with Gasteiger partial charge in [-0.15, -0.1) is 0 Å². The predicted octanol–water partition coefficient (Wildman–Crippen LogP) is 6.28. The van der Waals surface area contributed by atoms with Crippen LogP contribution in [0.5, 0.6) is 5.75 Å². The highest BCUT2D eigenvalue weighted by Gasteiger charge is 2.29. The number of H-pyrrole nitrogens is 1. The van der Waals surface area contributed by atoms with E-state index in [1.807, 2.05) is 6.20 Å². The fraction of sp³-hybridized carbons (Fsp3) is 0.500. The summed E-state index contributed by atoms with van der Waals surface area (Å²) in [5, 5.41) is 9.44. The van der Waals surface area contributed by atoms with Crippen molar-refractivity contribution < 1.29 is 4.74 Å². The molecular formula is C28H37N5O. The van der Waals surface area contributed by atoms with Crippen LogP contribution in [-0.4, -0.2) is 38.8 Å². The standard InChI is InChI=1S/C28H37N5O/c1-16(2)26-23-12-19(22-9-8-21(11-18(22)5)31-17(3)4)7-10-24(23)32-27(26)20-13-25(34-6)28-29-15-30-33(28)14-20/h7,10,12-18,21-22,31-32H,8-9,11H2,1-6H3. The Morgan fingerprint density at radius 2 is 1.97 bits per heavy atom. The first-order valence-corrected chi connectivity index (χ1v) is 12.6. The van der Waals surface area contributed by atoms with Gasteiger partial charge < -0.3 is 15.0 Å². The number of pyridine rings is 1. The van der Waals surface area contributed by atoms with E-state index >= 15 is 0 Å². The normalized spacial score (nSPS) is 21.2. The summed E-state index contributed by atoms with van der Waals surface area (Å²) in [6.45, 7) is 11.5. The summed E-state index contributed by atoms with van der Waals surface area (Å²) < 4.78 is 7.42. The molecule has 180 valence electrons. The first-order valence-electron chi connectivity index (χ1n) is 12.6. The zero-order valence-corrected chi connectivity index (χ0v) is 21.2. The second kappa shape index (κ2) is 9.06. The van der Waals surface area contributed by atoms with E-state index in [9.17, 15) is 0 Å². The minimum absolute atomic E-state index is 0.375. The molecule has 1 aliphatic carbocycles. The first-order chi connectivity index (χ1) is 16.4. The molecule has 0 aliphatic heterocycles. The molecule has 6 nitrogen and oxygen atoms in total. The lowest BCUT2D eigenvalue weighted by molar-refractivity contribution is 0.256. The van der Waals surface area contributed by atoms with Crippen LogP contribution in [0, 0.1) is 5.92 Å². The van der Waals surface area contributed by atoms with E-state index < -0.39 is 0 Å². The molecule has 1 fully saturated rings. The molecule has 0 bridgehead atoms. The SMILES string of the molecule is COc1cc(-c2[nH]c3ccc(C4CCC(NC(C)C)CC4C)cc3c2C(C)C)cn2ncnc12. The molecule has 0 saturated heterocycles. The van der Waals surface area contributed by atoms with Crippen LogP contribution in [0.3, 0.4) is 0 Å². The van der Waals surface area contributed by atoms with Gasteiger partial charge in [0, 0.05) is 34.7 Å². The van der Waals surface area contributed by atoms with Crippen molar-refractivity contribution in [3.63, 3.8) is 0 Å². The Morgan fingerprint density at radius 3 is 2.68 bits per heavy atom. The molecule has 4 aromatic rings. The number of rotatable bonds is 6. The second-order valence-electron chi connectivity index (χ2n) is 10.6. The number of hydrogen-bond acceptors (Lipinski definition) is 4. The van der Waals surface area contributed by atoms with Gasteiger partial charge in [0.1, 0.15) is 6.33 Å². The molecular weight excluding hydrogens is 422 g/mol. The van der Waals surface area contributed by atoms with Gasteiger partial charge in [0.25, 0.3) is 0 Å². The zero-order chi connectivity index (χ0) is 24.0. The van der Waals surface area contributed by atoms with Gasteiger partial charge in [-0.1, -0.05) is 40.7 Å². The molecule has 3 aromatic heterocycles. The highest BCUT2D eigenvalue weighted by Crippen LogP contribution is 2.42. The molecule has 1 aliphatic rings. The predicted molar refractivity (Wildman–Crippen MR) is 139 cm³/mol. The molecule has 5 rings (SSSR count). The fourth-order valence-electron chi connectivity index (χ4n) is 5.99. The van der Waals surface area contributed by atoms with Crippen molar-refractivity contribution >= 4 is 16.6 Å². The van der Waals surface area contributed by atoms with Gasteiger partial charge in [0.2, 0.25) is 0 Å². The average molecular weight is 460 g/mol. The number of fused-ring (bicyclic) bond motifs is 2. The van der Waals surface area contributed by atoms with Crippen LogP contribution in [0.15, 0.2) is 36.8 Å². The smallest absolute Gasteiger partial charge is 0.197 e. The van der Waals surface area contributed by atoms with Gasteiger partial charge in [-0.2, -0.15) is 5.10 Å². The first kappa shape index (κ1) is 22.9. The number of ether oxygens (including phenoxy) is 1. The van der Waals surface area contributed by atoms with Crippen LogP contribution in [0.4, 0.5) is 0 Å². The van der Waals surface area contributed by atoms with Gasteiger partial charge in [0.05, 0.1) is 12.8 Å². The third kappa shape index (κ3) is 4.09. The average Bonchev–Trinajstić information content (AvgIpc) is 3.42. The van der Waals surface area contributed by atoms with Crippen LogP contribution >= 0.6 is 0 Å².